The third-order valence-corrected chi connectivity index (χ3v) is 4.67. The summed E-state index contributed by atoms with van der Waals surface area (Å²) in [6.45, 7) is 5.74. The molecule has 0 spiro atoms. The van der Waals surface area contributed by atoms with Crippen molar-refractivity contribution in [2.24, 2.45) is 17.4 Å². The van der Waals surface area contributed by atoms with Gasteiger partial charge in [0.15, 0.2) is 0 Å². The number of unbranched alkanes of at least 4 members (excludes halogenated alkanes) is 1. The van der Waals surface area contributed by atoms with E-state index >= 15 is 0 Å². The van der Waals surface area contributed by atoms with Gasteiger partial charge in [0.2, 0.25) is 29.5 Å². The fourth-order valence-corrected chi connectivity index (χ4v) is 2.83. The van der Waals surface area contributed by atoms with Crippen LogP contribution in [0.4, 0.5) is 0 Å². The first kappa shape index (κ1) is 28.3. The van der Waals surface area contributed by atoms with Gasteiger partial charge in [0.1, 0.15) is 18.1 Å². The molecular weight excluding hydrogens is 404 g/mol. The van der Waals surface area contributed by atoms with Crippen LogP contribution in [0, 0.1) is 5.92 Å². The molecule has 0 aliphatic carbocycles. The summed E-state index contributed by atoms with van der Waals surface area (Å²) in [4.78, 5) is 59.5. The molecule has 5 amide bonds. The lowest BCUT2D eigenvalue weighted by Gasteiger charge is -2.24. The van der Waals surface area contributed by atoms with E-state index in [2.05, 4.69) is 21.3 Å². The van der Waals surface area contributed by atoms with E-state index < -0.39 is 41.8 Å². The van der Waals surface area contributed by atoms with E-state index in [1.807, 2.05) is 7.05 Å². The van der Waals surface area contributed by atoms with Crippen molar-refractivity contribution in [2.75, 3.05) is 13.6 Å². The first-order valence-electron chi connectivity index (χ1n) is 10.6. The second-order valence-corrected chi connectivity index (χ2v) is 7.90. The highest BCUT2D eigenvalue weighted by molar-refractivity contribution is 5.93. The van der Waals surface area contributed by atoms with Gasteiger partial charge >= 0.3 is 0 Å². The molecule has 0 aromatic heterocycles. The van der Waals surface area contributed by atoms with Crippen LogP contribution >= 0.6 is 0 Å². The van der Waals surface area contributed by atoms with Crippen LogP contribution in [0.2, 0.25) is 0 Å². The molecule has 178 valence electrons. The minimum absolute atomic E-state index is 0.0634. The number of carbonyl (C=O) groups is 5. The van der Waals surface area contributed by atoms with Crippen LogP contribution in [-0.2, 0) is 24.0 Å². The Labute approximate surface area is 183 Å². The molecule has 0 aliphatic rings. The third kappa shape index (κ3) is 12.6. The lowest BCUT2D eigenvalue weighted by Crippen LogP contribution is -2.56. The third-order valence-electron chi connectivity index (χ3n) is 4.67. The van der Waals surface area contributed by atoms with Gasteiger partial charge in [-0.3, -0.25) is 24.0 Å². The highest BCUT2D eigenvalue weighted by Crippen LogP contribution is 2.05. The lowest BCUT2D eigenvalue weighted by molar-refractivity contribution is -0.133. The number of amides is 5. The average molecular weight is 443 g/mol. The minimum Gasteiger partial charge on any atom is -0.370 e. The molecule has 3 unspecified atom stereocenters. The van der Waals surface area contributed by atoms with Crippen molar-refractivity contribution < 1.29 is 24.0 Å². The Morgan fingerprint density at radius 2 is 1.45 bits per heavy atom. The Bertz CT molecular complexity index is 625. The van der Waals surface area contributed by atoms with Crippen LogP contribution in [0.15, 0.2) is 0 Å². The van der Waals surface area contributed by atoms with Gasteiger partial charge in [-0.25, -0.2) is 0 Å². The molecule has 11 nitrogen and oxygen atoms in total. The van der Waals surface area contributed by atoms with E-state index in [1.165, 1.54) is 6.92 Å². The maximum absolute atomic E-state index is 12.7. The molecule has 3 atom stereocenters. The summed E-state index contributed by atoms with van der Waals surface area (Å²) >= 11 is 0. The first-order chi connectivity index (χ1) is 14.5. The van der Waals surface area contributed by atoms with E-state index in [0.29, 0.717) is 12.8 Å². The standard InChI is InChI=1S/C20H38N6O5/c1-12(2)17(18(22)29)26-19(30)13(3)24-20(31)14(8-5-6-11-23-4)25-16(28)10-7-9-15(21)27/h12-14,17,23H,5-11H2,1-4H3,(H2,21,27)(H2,22,29)(H,24,31)(H,25,28)(H,26,30). The Hall–Kier alpha value is -2.69. The zero-order chi connectivity index (χ0) is 24.0. The molecule has 31 heavy (non-hydrogen) atoms. The van der Waals surface area contributed by atoms with Gasteiger partial charge in [-0.05, 0) is 52.1 Å². The van der Waals surface area contributed by atoms with Crippen LogP contribution in [0.25, 0.3) is 0 Å². The largest absolute Gasteiger partial charge is 0.370 e. The Balaban J connectivity index is 4.94. The van der Waals surface area contributed by atoms with Crippen LogP contribution in [0.3, 0.4) is 0 Å². The summed E-state index contributed by atoms with van der Waals surface area (Å²) in [7, 11) is 1.82. The fraction of sp³-hybridized carbons (Fsp3) is 0.750. The summed E-state index contributed by atoms with van der Waals surface area (Å²) in [6.07, 6.45) is 2.31. The summed E-state index contributed by atoms with van der Waals surface area (Å²) < 4.78 is 0. The molecule has 0 aromatic carbocycles. The van der Waals surface area contributed by atoms with Crippen LogP contribution in [0.5, 0.6) is 0 Å². The molecule has 0 bridgehead atoms. The molecule has 8 N–H and O–H groups in total. The number of nitrogens with two attached hydrogens (primary N) is 2. The second kappa shape index (κ2) is 15.2. The maximum atomic E-state index is 12.7. The first-order valence-corrected chi connectivity index (χ1v) is 10.6. The van der Waals surface area contributed by atoms with Crippen molar-refractivity contribution in [3.8, 4) is 0 Å². The van der Waals surface area contributed by atoms with Crippen LogP contribution < -0.4 is 32.7 Å². The van der Waals surface area contributed by atoms with Crippen molar-refractivity contribution in [3.63, 3.8) is 0 Å². The fourth-order valence-electron chi connectivity index (χ4n) is 2.83. The number of primary amides is 2. The summed E-state index contributed by atoms with van der Waals surface area (Å²) in [5.74, 6) is -2.79. The van der Waals surface area contributed by atoms with E-state index in [4.69, 9.17) is 11.5 Å². The Morgan fingerprint density at radius 3 is 1.97 bits per heavy atom. The molecule has 0 radical (unpaired) electrons. The summed E-state index contributed by atoms with van der Waals surface area (Å²) in [5.41, 5.74) is 10.4. The van der Waals surface area contributed by atoms with Gasteiger partial charge in [0.25, 0.3) is 0 Å². The van der Waals surface area contributed by atoms with Gasteiger partial charge in [-0.15, -0.1) is 0 Å². The molecular formula is C20H38N6O5. The van der Waals surface area contributed by atoms with Crippen molar-refractivity contribution in [1.29, 1.82) is 0 Å². The smallest absolute Gasteiger partial charge is 0.243 e. The van der Waals surface area contributed by atoms with Crippen molar-refractivity contribution in [2.45, 2.75) is 77.4 Å². The quantitative estimate of drug-likeness (QED) is 0.160. The van der Waals surface area contributed by atoms with E-state index in [9.17, 15) is 24.0 Å². The van der Waals surface area contributed by atoms with Crippen molar-refractivity contribution in [1.82, 2.24) is 21.3 Å². The van der Waals surface area contributed by atoms with Gasteiger partial charge in [0, 0.05) is 12.8 Å². The number of carbonyl (C=O) groups excluding carboxylic acids is 5. The van der Waals surface area contributed by atoms with Crippen LogP contribution in [0.1, 0.15) is 59.3 Å². The molecule has 0 aromatic rings. The monoisotopic (exact) mass is 442 g/mol. The predicted molar refractivity (Wildman–Crippen MR) is 116 cm³/mol. The van der Waals surface area contributed by atoms with Gasteiger partial charge in [0.05, 0.1) is 0 Å². The normalized spacial score (nSPS) is 13.7. The topological polar surface area (TPSA) is 186 Å². The number of hydrogen-bond acceptors (Lipinski definition) is 6. The van der Waals surface area contributed by atoms with Crippen LogP contribution in [-0.4, -0.2) is 61.3 Å². The lowest BCUT2D eigenvalue weighted by atomic mass is 10.0. The minimum atomic E-state index is -0.931. The Kier molecular flexibility index (Phi) is 13.8. The van der Waals surface area contributed by atoms with Gasteiger partial charge in [-0.1, -0.05) is 13.8 Å². The highest BCUT2D eigenvalue weighted by atomic mass is 16.2. The van der Waals surface area contributed by atoms with Crippen molar-refractivity contribution >= 4 is 29.5 Å². The molecule has 0 aliphatic heterocycles. The molecule has 0 fully saturated rings. The van der Waals surface area contributed by atoms with Gasteiger partial charge in [-0.2, -0.15) is 0 Å². The number of rotatable bonds is 16. The maximum Gasteiger partial charge on any atom is 0.243 e. The number of nitrogens with one attached hydrogen (secondary N) is 4. The summed E-state index contributed by atoms with van der Waals surface area (Å²) in [5, 5.41) is 10.8. The average Bonchev–Trinajstić information content (AvgIpc) is 2.67. The van der Waals surface area contributed by atoms with E-state index in [0.717, 1.165) is 13.0 Å². The van der Waals surface area contributed by atoms with Crippen molar-refractivity contribution in [3.05, 3.63) is 0 Å². The summed E-state index contributed by atoms with van der Waals surface area (Å²) in [6, 6.07) is -2.61. The van der Waals surface area contributed by atoms with E-state index in [-0.39, 0.29) is 31.1 Å². The highest BCUT2D eigenvalue weighted by Gasteiger charge is 2.27. The SMILES string of the molecule is CNCCCCC(NC(=O)CCCC(N)=O)C(=O)NC(C)C(=O)NC(C(N)=O)C(C)C. The second-order valence-electron chi connectivity index (χ2n) is 7.90. The predicted octanol–water partition coefficient (Wildman–Crippen LogP) is -1.35. The zero-order valence-corrected chi connectivity index (χ0v) is 19.0. The van der Waals surface area contributed by atoms with Gasteiger partial charge < -0.3 is 32.7 Å². The molecule has 0 heterocycles. The van der Waals surface area contributed by atoms with E-state index in [1.54, 1.807) is 13.8 Å². The molecule has 11 heteroatoms. The Morgan fingerprint density at radius 1 is 0.806 bits per heavy atom. The molecule has 0 saturated heterocycles. The molecule has 0 saturated carbocycles. The molecule has 0 rings (SSSR count). The zero-order valence-electron chi connectivity index (χ0n) is 19.0. The number of hydrogen-bond donors (Lipinski definition) is 6.